The fraction of sp³-hybridized carbons (Fsp3) is 0.417. The van der Waals surface area contributed by atoms with E-state index in [0.717, 1.165) is 11.0 Å². The Kier molecular flexibility index (Phi) is 4.12. The minimum atomic E-state index is -0.206. The molecule has 3 nitrogen and oxygen atoms in total. The summed E-state index contributed by atoms with van der Waals surface area (Å²) in [6, 6.07) is 5.08. The Labute approximate surface area is 108 Å². The van der Waals surface area contributed by atoms with Gasteiger partial charge in [0, 0.05) is 42.6 Å². The summed E-state index contributed by atoms with van der Waals surface area (Å²) in [7, 11) is 0. The molecule has 0 radical (unpaired) electrons. The van der Waals surface area contributed by atoms with Crippen molar-refractivity contribution in [1.82, 2.24) is 10.2 Å². The second kappa shape index (κ2) is 5.60. The molecule has 1 saturated heterocycles. The van der Waals surface area contributed by atoms with Crippen molar-refractivity contribution in [2.75, 3.05) is 19.6 Å². The number of carbonyl (C=O) groups is 1. The third-order valence-corrected chi connectivity index (χ3v) is 3.31. The maximum Gasteiger partial charge on any atom is 0.221 e. The molecule has 1 heterocycles. The zero-order valence-electron chi connectivity index (χ0n) is 9.38. The predicted molar refractivity (Wildman–Crippen MR) is 67.0 cm³/mol. The van der Waals surface area contributed by atoms with Gasteiger partial charge in [-0.25, -0.2) is 4.39 Å². The van der Waals surface area contributed by atoms with Crippen LogP contribution in [0.4, 0.5) is 4.39 Å². The Morgan fingerprint density at radius 3 is 3.00 bits per heavy atom. The van der Waals surface area contributed by atoms with Gasteiger partial charge < -0.3 is 5.32 Å². The monoisotopic (exact) mass is 300 g/mol. The van der Waals surface area contributed by atoms with Gasteiger partial charge in [0.15, 0.2) is 0 Å². The molecule has 0 saturated carbocycles. The molecule has 1 aromatic carbocycles. The van der Waals surface area contributed by atoms with Gasteiger partial charge in [0.25, 0.3) is 0 Å². The van der Waals surface area contributed by atoms with Crippen molar-refractivity contribution in [3.8, 4) is 0 Å². The molecule has 0 bridgehead atoms. The molecule has 1 aliphatic rings. The Bertz CT molecular complexity index is 425. The Morgan fingerprint density at radius 2 is 2.24 bits per heavy atom. The number of nitrogens with zero attached hydrogens (tertiary/aromatic N) is 1. The van der Waals surface area contributed by atoms with Crippen LogP contribution in [0.2, 0.25) is 0 Å². The summed E-state index contributed by atoms with van der Waals surface area (Å²) in [5, 5.41) is 2.80. The lowest BCUT2D eigenvalue weighted by atomic mass is 10.2. The van der Waals surface area contributed by atoms with E-state index >= 15 is 0 Å². The number of carbonyl (C=O) groups excluding carboxylic acids is 1. The number of hydrogen-bond donors (Lipinski definition) is 1. The molecule has 1 N–H and O–H groups in total. The third kappa shape index (κ3) is 3.51. The fourth-order valence-corrected chi connectivity index (χ4v) is 2.20. The lowest BCUT2D eigenvalue weighted by Gasteiger charge is -2.19. The lowest BCUT2D eigenvalue weighted by molar-refractivity contribution is -0.120. The molecule has 0 spiro atoms. The van der Waals surface area contributed by atoms with Crippen LogP contribution in [0.1, 0.15) is 12.0 Å². The minimum absolute atomic E-state index is 0.0729. The number of amides is 1. The van der Waals surface area contributed by atoms with E-state index < -0.39 is 0 Å². The van der Waals surface area contributed by atoms with Crippen molar-refractivity contribution in [2.24, 2.45) is 0 Å². The van der Waals surface area contributed by atoms with Gasteiger partial charge in [-0.1, -0.05) is 22.0 Å². The zero-order valence-corrected chi connectivity index (χ0v) is 11.0. The first-order valence-electron chi connectivity index (χ1n) is 5.58. The Hall–Kier alpha value is -0.940. The maximum absolute atomic E-state index is 13.6. The van der Waals surface area contributed by atoms with Gasteiger partial charge in [-0.05, 0) is 12.1 Å². The van der Waals surface area contributed by atoms with E-state index in [9.17, 15) is 9.18 Å². The zero-order chi connectivity index (χ0) is 12.3. The molecule has 1 aliphatic heterocycles. The second-order valence-corrected chi connectivity index (χ2v) is 5.03. The minimum Gasteiger partial charge on any atom is -0.355 e. The highest BCUT2D eigenvalue weighted by Crippen LogP contribution is 2.17. The van der Waals surface area contributed by atoms with E-state index in [1.54, 1.807) is 6.07 Å². The first-order chi connectivity index (χ1) is 8.15. The third-order valence-electron chi connectivity index (χ3n) is 2.81. The van der Waals surface area contributed by atoms with Gasteiger partial charge in [-0.15, -0.1) is 0 Å². The van der Waals surface area contributed by atoms with Crippen LogP contribution in [-0.4, -0.2) is 30.4 Å². The highest BCUT2D eigenvalue weighted by Gasteiger charge is 2.14. The summed E-state index contributed by atoms with van der Waals surface area (Å²) in [6.07, 6.45) is 0.484. The molecule has 0 atom stereocenters. The molecule has 0 aliphatic carbocycles. The molecule has 5 heteroatoms. The second-order valence-electron chi connectivity index (χ2n) is 4.11. The largest absolute Gasteiger partial charge is 0.355 e. The molecule has 1 aromatic rings. The van der Waals surface area contributed by atoms with Crippen molar-refractivity contribution in [2.45, 2.75) is 13.0 Å². The summed E-state index contributed by atoms with van der Waals surface area (Å²) in [4.78, 5) is 13.3. The Balaban J connectivity index is 2.02. The topological polar surface area (TPSA) is 32.3 Å². The number of hydrogen-bond acceptors (Lipinski definition) is 2. The molecular formula is C12H14BrFN2O. The predicted octanol–water partition coefficient (Wildman–Crippen LogP) is 1.91. The van der Waals surface area contributed by atoms with Crippen molar-refractivity contribution >= 4 is 21.8 Å². The number of rotatable bonds is 2. The standard InChI is InChI=1S/C12H14BrFN2O/c13-10-2-1-9(11(14)7-10)8-16-5-3-12(17)15-4-6-16/h1-2,7H,3-6,8H2,(H,15,17). The van der Waals surface area contributed by atoms with Gasteiger partial charge >= 0.3 is 0 Å². The molecule has 1 amide bonds. The molecule has 0 unspecified atom stereocenters. The Morgan fingerprint density at radius 1 is 1.41 bits per heavy atom. The van der Waals surface area contributed by atoms with Crippen molar-refractivity contribution in [3.05, 3.63) is 34.1 Å². The average molecular weight is 301 g/mol. The number of halogens is 2. The van der Waals surface area contributed by atoms with E-state index in [1.165, 1.54) is 6.07 Å². The fourth-order valence-electron chi connectivity index (χ4n) is 1.86. The van der Waals surface area contributed by atoms with Crippen LogP contribution in [0.3, 0.4) is 0 Å². The molecule has 0 aromatic heterocycles. The summed E-state index contributed by atoms with van der Waals surface area (Å²) in [5.74, 6) is -0.133. The van der Waals surface area contributed by atoms with E-state index in [1.807, 2.05) is 6.07 Å². The number of benzene rings is 1. The quantitative estimate of drug-likeness (QED) is 0.905. The van der Waals surface area contributed by atoms with Crippen molar-refractivity contribution < 1.29 is 9.18 Å². The SMILES string of the molecule is O=C1CCN(Cc2ccc(Br)cc2F)CCN1. The normalized spacial score (nSPS) is 17.6. The average Bonchev–Trinajstić information content (AvgIpc) is 2.48. The maximum atomic E-state index is 13.6. The first-order valence-corrected chi connectivity index (χ1v) is 6.37. The summed E-state index contributed by atoms with van der Waals surface area (Å²) >= 11 is 3.23. The first kappa shape index (κ1) is 12.5. The van der Waals surface area contributed by atoms with E-state index in [-0.39, 0.29) is 11.7 Å². The van der Waals surface area contributed by atoms with Crippen LogP contribution in [0, 0.1) is 5.82 Å². The van der Waals surface area contributed by atoms with E-state index in [4.69, 9.17) is 0 Å². The van der Waals surface area contributed by atoms with Crippen LogP contribution in [0.25, 0.3) is 0 Å². The lowest BCUT2D eigenvalue weighted by Crippen LogP contribution is -2.28. The van der Waals surface area contributed by atoms with E-state index in [2.05, 4.69) is 26.1 Å². The molecule has 2 rings (SSSR count). The summed E-state index contributed by atoms with van der Waals surface area (Å²) < 4.78 is 14.4. The van der Waals surface area contributed by atoms with Gasteiger partial charge in [0.05, 0.1) is 0 Å². The van der Waals surface area contributed by atoms with Crippen LogP contribution in [0.5, 0.6) is 0 Å². The van der Waals surface area contributed by atoms with E-state index in [0.29, 0.717) is 31.6 Å². The van der Waals surface area contributed by atoms with Crippen LogP contribution < -0.4 is 5.32 Å². The van der Waals surface area contributed by atoms with Gasteiger partial charge in [-0.3, -0.25) is 9.69 Å². The molecule has 17 heavy (non-hydrogen) atoms. The van der Waals surface area contributed by atoms with Gasteiger partial charge in [-0.2, -0.15) is 0 Å². The van der Waals surface area contributed by atoms with Gasteiger partial charge in [0.1, 0.15) is 5.82 Å². The molecule has 1 fully saturated rings. The summed E-state index contributed by atoms with van der Waals surface area (Å²) in [5.41, 5.74) is 0.669. The molecular weight excluding hydrogens is 287 g/mol. The van der Waals surface area contributed by atoms with Crippen molar-refractivity contribution in [1.29, 1.82) is 0 Å². The van der Waals surface area contributed by atoms with Crippen LogP contribution in [-0.2, 0) is 11.3 Å². The van der Waals surface area contributed by atoms with Crippen molar-refractivity contribution in [3.63, 3.8) is 0 Å². The summed E-state index contributed by atoms with van der Waals surface area (Å²) in [6.45, 7) is 2.63. The van der Waals surface area contributed by atoms with Gasteiger partial charge in [0.2, 0.25) is 5.91 Å². The molecule has 92 valence electrons. The van der Waals surface area contributed by atoms with Crippen LogP contribution in [0.15, 0.2) is 22.7 Å². The van der Waals surface area contributed by atoms with Crippen LogP contribution >= 0.6 is 15.9 Å². The highest BCUT2D eigenvalue weighted by molar-refractivity contribution is 9.10. The smallest absolute Gasteiger partial charge is 0.221 e. The number of nitrogens with one attached hydrogen (secondary N) is 1. The highest BCUT2D eigenvalue weighted by atomic mass is 79.9.